The maximum Gasteiger partial charge on any atom is 0.315 e. The van der Waals surface area contributed by atoms with Crippen LogP contribution in [0.1, 0.15) is 30.0 Å². The van der Waals surface area contributed by atoms with Gasteiger partial charge in [-0.3, -0.25) is 9.78 Å². The van der Waals surface area contributed by atoms with Gasteiger partial charge in [0.25, 0.3) is 0 Å². The number of ether oxygens (including phenoxy) is 1. The Morgan fingerprint density at radius 3 is 2.57 bits per heavy atom. The van der Waals surface area contributed by atoms with Crippen LogP contribution in [0.3, 0.4) is 0 Å². The zero-order chi connectivity index (χ0) is 20.9. The van der Waals surface area contributed by atoms with Crippen LogP contribution < -0.4 is 10.1 Å². The Morgan fingerprint density at radius 1 is 1.10 bits per heavy atom. The third-order valence-corrected chi connectivity index (χ3v) is 5.57. The van der Waals surface area contributed by atoms with Crippen molar-refractivity contribution in [2.75, 3.05) is 25.5 Å². The Labute approximate surface area is 176 Å². The Morgan fingerprint density at radius 2 is 1.87 bits per heavy atom. The molecule has 0 unspecified atom stereocenters. The van der Waals surface area contributed by atoms with Crippen LogP contribution in [0.25, 0.3) is 11.3 Å². The molecule has 30 heavy (non-hydrogen) atoms. The molecule has 1 saturated heterocycles. The molecule has 1 aliphatic heterocycles. The van der Waals surface area contributed by atoms with Crippen LogP contribution in [0.5, 0.6) is 11.5 Å². The van der Waals surface area contributed by atoms with Gasteiger partial charge < -0.3 is 15.0 Å². The number of rotatable bonds is 6. The van der Waals surface area contributed by atoms with Gasteiger partial charge in [0.15, 0.2) is 0 Å². The van der Waals surface area contributed by atoms with Crippen LogP contribution in [0.2, 0.25) is 0 Å². The van der Waals surface area contributed by atoms with Gasteiger partial charge in [-0.25, -0.2) is 4.98 Å². The average molecular weight is 401 g/mol. The molecular formula is C24H25N4O2. The lowest BCUT2D eigenvalue weighted by Crippen LogP contribution is -2.29. The van der Waals surface area contributed by atoms with Crippen LogP contribution in [-0.2, 0) is 4.79 Å². The van der Waals surface area contributed by atoms with Crippen molar-refractivity contribution in [2.45, 2.75) is 25.7 Å². The summed E-state index contributed by atoms with van der Waals surface area (Å²) in [7, 11) is 2.19. The van der Waals surface area contributed by atoms with E-state index in [2.05, 4.69) is 51.5 Å². The number of pyridine rings is 2. The number of carbonyl (C=O) groups excluding carboxylic acids is 1. The molecule has 0 aliphatic carbocycles. The lowest BCUT2D eigenvalue weighted by Gasteiger charge is -2.29. The van der Waals surface area contributed by atoms with Crippen molar-refractivity contribution in [1.29, 1.82) is 0 Å². The molecule has 1 N–H and O–H groups in total. The van der Waals surface area contributed by atoms with Gasteiger partial charge in [0.1, 0.15) is 17.3 Å². The summed E-state index contributed by atoms with van der Waals surface area (Å²) in [6.45, 7) is 4.15. The monoisotopic (exact) mass is 401 g/mol. The van der Waals surface area contributed by atoms with E-state index in [1.54, 1.807) is 24.7 Å². The standard InChI is InChI=1S/C24H25N4O2/c1-17-23(7-8-24(27-17)26-16-29)30-21-9-12-25-22(15-21)20-5-3-18(4-6-20)19-10-13-28(2)14-11-19/h3-9,12,15,19H,10-11,13-14H2,1-2H3,(H,26,27,29). The lowest BCUT2D eigenvalue weighted by atomic mass is 9.89. The molecule has 4 rings (SSSR count). The number of aromatic nitrogens is 2. The SMILES string of the molecule is Cc1nc(N[C]=O)ccc1Oc1ccnc(-c2ccc(C3CCN(C)CC3)cc2)c1. The molecule has 1 fully saturated rings. The highest BCUT2D eigenvalue weighted by atomic mass is 16.5. The first-order chi connectivity index (χ1) is 14.6. The first-order valence-electron chi connectivity index (χ1n) is 10.2. The van der Waals surface area contributed by atoms with Crippen molar-refractivity contribution >= 4 is 12.2 Å². The molecule has 0 spiro atoms. The molecule has 0 bridgehead atoms. The predicted octanol–water partition coefficient (Wildman–Crippen LogP) is 4.53. The molecule has 1 aliphatic rings. The van der Waals surface area contributed by atoms with Gasteiger partial charge in [-0.2, -0.15) is 0 Å². The number of piperidine rings is 1. The van der Waals surface area contributed by atoms with E-state index in [1.807, 2.05) is 19.1 Å². The maximum atomic E-state index is 10.4. The highest BCUT2D eigenvalue weighted by Crippen LogP contribution is 2.31. The topological polar surface area (TPSA) is 67.3 Å². The molecule has 153 valence electrons. The van der Waals surface area contributed by atoms with Gasteiger partial charge in [-0.1, -0.05) is 24.3 Å². The summed E-state index contributed by atoms with van der Waals surface area (Å²) in [6.07, 6.45) is 5.79. The van der Waals surface area contributed by atoms with Crippen LogP contribution >= 0.6 is 0 Å². The number of aryl methyl sites for hydroxylation is 1. The number of hydrogen-bond acceptors (Lipinski definition) is 5. The minimum Gasteiger partial charge on any atom is -0.455 e. The Bertz CT molecular complexity index is 1010. The quantitative estimate of drug-likeness (QED) is 0.615. The zero-order valence-electron chi connectivity index (χ0n) is 17.3. The van der Waals surface area contributed by atoms with Crippen molar-refractivity contribution in [3.05, 3.63) is 66.0 Å². The fourth-order valence-electron chi connectivity index (χ4n) is 3.81. The van der Waals surface area contributed by atoms with Gasteiger partial charge in [0, 0.05) is 17.8 Å². The second-order valence-corrected chi connectivity index (χ2v) is 7.69. The van der Waals surface area contributed by atoms with Crippen LogP contribution in [0.15, 0.2) is 54.7 Å². The normalized spacial score (nSPS) is 15.0. The minimum atomic E-state index is 0.440. The largest absolute Gasteiger partial charge is 0.455 e. The second kappa shape index (κ2) is 9.05. The number of likely N-dealkylation sites (tertiary alicyclic amines) is 1. The Hall–Kier alpha value is -3.25. The number of nitrogens with one attached hydrogen (secondary N) is 1. The average Bonchev–Trinajstić information content (AvgIpc) is 2.77. The predicted molar refractivity (Wildman–Crippen MR) is 118 cm³/mol. The summed E-state index contributed by atoms with van der Waals surface area (Å²) in [5, 5.41) is 2.42. The fraction of sp³-hybridized carbons (Fsp3) is 0.292. The minimum absolute atomic E-state index is 0.440. The van der Waals surface area contributed by atoms with Crippen molar-refractivity contribution in [3.63, 3.8) is 0 Å². The number of anilines is 1. The summed E-state index contributed by atoms with van der Waals surface area (Å²) in [6, 6.07) is 15.9. The third-order valence-electron chi connectivity index (χ3n) is 5.57. The first kappa shape index (κ1) is 20.0. The van der Waals surface area contributed by atoms with Crippen molar-refractivity contribution in [1.82, 2.24) is 14.9 Å². The van der Waals surface area contributed by atoms with E-state index in [0.29, 0.717) is 28.9 Å². The first-order valence-corrected chi connectivity index (χ1v) is 10.2. The van der Waals surface area contributed by atoms with Crippen molar-refractivity contribution in [2.24, 2.45) is 0 Å². The summed E-state index contributed by atoms with van der Waals surface area (Å²) in [4.78, 5) is 21.6. The zero-order valence-corrected chi connectivity index (χ0v) is 17.3. The smallest absolute Gasteiger partial charge is 0.315 e. The van der Waals surface area contributed by atoms with Gasteiger partial charge in [-0.15, -0.1) is 0 Å². The molecule has 0 saturated carbocycles. The summed E-state index contributed by atoms with van der Waals surface area (Å²) in [5.74, 6) is 2.39. The van der Waals surface area contributed by atoms with Crippen molar-refractivity contribution < 1.29 is 9.53 Å². The molecule has 3 aromatic rings. The Kier molecular flexibility index (Phi) is 6.05. The molecule has 1 amide bonds. The van der Waals surface area contributed by atoms with Gasteiger partial charge in [0.2, 0.25) is 0 Å². The third kappa shape index (κ3) is 4.66. The molecule has 6 heteroatoms. The van der Waals surface area contributed by atoms with Crippen LogP contribution in [0, 0.1) is 6.92 Å². The molecular weight excluding hydrogens is 376 g/mol. The van der Waals surface area contributed by atoms with Crippen LogP contribution in [-0.4, -0.2) is 41.4 Å². The van der Waals surface area contributed by atoms with E-state index in [0.717, 1.165) is 24.3 Å². The van der Waals surface area contributed by atoms with E-state index in [4.69, 9.17) is 4.74 Å². The van der Waals surface area contributed by atoms with E-state index in [1.165, 1.54) is 18.4 Å². The Balaban J connectivity index is 1.49. The summed E-state index contributed by atoms with van der Waals surface area (Å²) in [5.41, 5.74) is 4.01. The summed E-state index contributed by atoms with van der Waals surface area (Å²) >= 11 is 0. The maximum absolute atomic E-state index is 10.4. The van der Waals surface area contributed by atoms with Crippen LogP contribution in [0.4, 0.5) is 5.82 Å². The van der Waals surface area contributed by atoms with E-state index in [9.17, 15) is 4.79 Å². The highest BCUT2D eigenvalue weighted by molar-refractivity contribution is 5.69. The molecule has 0 atom stereocenters. The second-order valence-electron chi connectivity index (χ2n) is 7.69. The van der Waals surface area contributed by atoms with Crippen molar-refractivity contribution in [3.8, 4) is 22.8 Å². The molecule has 2 aromatic heterocycles. The van der Waals surface area contributed by atoms with Gasteiger partial charge >= 0.3 is 6.41 Å². The molecule has 6 nitrogen and oxygen atoms in total. The van der Waals surface area contributed by atoms with E-state index >= 15 is 0 Å². The number of amides is 1. The van der Waals surface area contributed by atoms with Gasteiger partial charge in [0.05, 0.1) is 11.4 Å². The van der Waals surface area contributed by atoms with E-state index < -0.39 is 0 Å². The molecule has 1 aromatic carbocycles. The highest BCUT2D eigenvalue weighted by Gasteiger charge is 2.18. The molecule has 3 heterocycles. The lowest BCUT2D eigenvalue weighted by molar-refractivity contribution is 0.255. The number of nitrogens with zero attached hydrogens (tertiary/aromatic N) is 3. The number of hydrogen-bond donors (Lipinski definition) is 1. The van der Waals surface area contributed by atoms with E-state index in [-0.39, 0.29) is 0 Å². The fourth-order valence-corrected chi connectivity index (χ4v) is 3.81. The van der Waals surface area contributed by atoms with Gasteiger partial charge in [-0.05, 0) is 69.6 Å². The molecule has 1 radical (unpaired) electrons. The summed E-state index contributed by atoms with van der Waals surface area (Å²) < 4.78 is 6.00. The number of benzene rings is 1.